The second kappa shape index (κ2) is 9.48. The highest BCUT2D eigenvalue weighted by Gasteiger charge is 2.22. The Bertz CT molecular complexity index is 227. The fourth-order valence-corrected chi connectivity index (χ4v) is 2.48. The lowest BCUT2D eigenvalue weighted by Gasteiger charge is -2.25. The molecule has 1 fully saturated rings. The van der Waals surface area contributed by atoms with E-state index in [4.69, 9.17) is 9.84 Å². The Hall–Kier alpha value is -0.450. The van der Waals surface area contributed by atoms with Crippen molar-refractivity contribution >= 4 is 5.78 Å². The summed E-state index contributed by atoms with van der Waals surface area (Å²) in [7, 11) is 0. The molecular formula is C14H27NO3. The number of hydrogen-bond donors (Lipinski definition) is 1. The van der Waals surface area contributed by atoms with Gasteiger partial charge in [0.2, 0.25) is 0 Å². The molecule has 18 heavy (non-hydrogen) atoms. The summed E-state index contributed by atoms with van der Waals surface area (Å²) in [5.74, 6) is 0.699. The van der Waals surface area contributed by atoms with Crippen LogP contribution in [0.4, 0.5) is 0 Å². The first-order chi connectivity index (χ1) is 8.77. The smallest absolute Gasteiger partial charge is 0.149 e. The van der Waals surface area contributed by atoms with Crippen molar-refractivity contribution in [1.29, 1.82) is 0 Å². The van der Waals surface area contributed by atoms with E-state index in [9.17, 15) is 4.79 Å². The maximum absolute atomic E-state index is 12.1. The zero-order valence-electron chi connectivity index (χ0n) is 11.6. The van der Waals surface area contributed by atoms with Crippen molar-refractivity contribution in [2.24, 2.45) is 5.92 Å². The average molecular weight is 257 g/mol. The Labute approximate surface area is 110 Å². The normalized spacial score (nSPS) is 17.3. The Morgan fingerprint density at radius 3 is 2.61 bits per heavy atom. The van der Waals surface area contributed by atoms with E-state index in [1.807, 2.05) is 0 Å². The second-order valence-electron chi connectivity index (χ2n) is 5.01. The summed E-state index contributed by atoms with van der Waals surface area (Å²) < 4.78 is 5.24. The minimum absolute atomic E-state index is 0.0626. The van der Waals surface area contributed by atoms with Crippen LogP contribution in [-0.4, -0.2) is 55.2 Å². The quantitative estimate of drug-likeness (QED) is 0.635. The summed E-state index contributed by atoms with van der Waals surface area (Å²) in [5, 5.41) is 8.61. The van der Waals surface area contributed by atoms with Crippen molar-refractivity contribution in [2.45, 2.75) is 39.0 Å². The van der Waals surface area contributed by atoms with Gasteiger partial charge in [-0.25, -0.2) is 0 Å². The van der Waals surface area contributed by atoms with E-state index in [0.717, 1.165) is 25.9 Å². The minimum atomic E-state index is 0.0626. The molecule has 0 radical (unpaired) electrons. The molecule has 0 aliphatic heterocycles. The number of ketones is 1. The van der Waals surface area contributed by atoms with Crippen LogP contribution in [0.25, 0.3) is 0 Å². The number of carbonyl (C=O) groups is 1. The molecule has 1 N–H and O–H groups in total. The number of carbonyl (C=O) groups excluding carboxylic acids is 1. The zero-order valence-corrected chi connectivity index (χ0v) is 11.6. The van der Waals surface area contributed by atoms with Crippen LogP contribution in [0.5, 0.6) is 0 Å². The van der Waals surface area contributed by atoms with Crippen LogP contribution >= 0.6 is 0 Å². The molecule has 0 aromatic carbocycles. The molecule has 106 valence electrons. The highest BCUT2D eigenvalue weighted by molar-refractivity contribution is 5.83. The van der Waals surface area contributed by atoms with Crippen molar-refractivity contribution < 1.29 is 14.6 Å². The number of rotatable bonds is 9. The molecule has 0 spiro atoms. The van der Waals surface area contributed by atoms with Gasteiger partial charge in [0.25, 0.3) is 0 Å². The molecule has 0 amide bonds. The average Bonchev–Trinajstić information content (AvgIpc) is 2.43. The van der Waals surface area contributed by atoms with E-state index in [-0.39, 0.29) is 6.61 Å². The monoisotopic (exact) mass is 257 g/mol. The summed E-state index contributed by atoms with van der Waals surface area (Å²) in [6, 6.07) is 0. The zero-order chi connectivity index (χ0) is 13.2. The molecule has 0 heterocycles. The summed E-state index contributed by atoms with van der Waals surface area (Å²) in [5.41, 5.74) is 0. The van der Waals surface area contributed by atoms with Gasteiger partial charge in [0.15, 0.2) is 0 Å². The van der Waals surface area contributed by atoms with Gasteiger partial charge in [-0.1, -0.05) is 26.2 Å². The molecular weight excluding hydrogens is 230 g/mol. The molecule has 1 aliphatic rings. The van der Waals surface area contributed by atoms with Gasteiger partial charge >= 0.3 is 0 Å². The predicted molar refractivity (Wildman–Crippen MR) is 71.6 cm³/mol. The maximum atomic E-state index is 12.1. The fraction of sp³-hybridized carbons (Fsp3) is 0.929. The van der Waals surface area contributed by atoms with E-state index in [2.05, 4.69) is 11.8 Å². The van der Waals surface area contributed by atoms with Crippen LogP contribution in [-0.2, 0) is 9.53 Å². The summed E-state index contributed by atoms with van der Waals surface area (Å²) in [4.78, 5) is 14.3. The van der Waals surface area contributed by atoms with Crippen LogP contribution in [0, 0.1) is 5.92 Å². The maximum Gasteiger partial charge on any atom is 0.149 e. The van der Waals surface area contributed by atoms with Crippen molar-refractivity contribution in [1.82, 2.24) is 4.90 Å². The number of likely N-dealkylation sites (N-methyl/N-ethyl adjacent to an activating group) is 1. The number of Topliss-reactive ketones (excluding diaryl/α,β-unsaturated/α-hetero) is 1. The first-order valence-corrected chi connectivity index (χ1v) is 7.21. The lowest BCUT2D eigenvalue weighted by Crippen LogP contribution is -2.36. The molecule has 0 aromatic rings. The predicted octanol–water partition coefficient (Wildman–Crippen LogP) is 1.47. The van der Waals surface area contributed by atoms with E-state index in [1.165, 1.54) is 19.3 Å². The lowest BCUT2D eigenvalue weighted by atomic mass is 9.86. The molecule has 0 bridgehead atoms. The summed E-state index contributed by atoms with van der Waals surface area (Å²) >= 11 is 0. The third kappa shape index (κ3) is 5.94. The number of aliphatic hydroxyl groups is 1. The molecule has 1 saturated carbocycles. The molecule has 1 aliphatic carbocycles. The van der Waals surface area contributed by atoms with Gasteiger partial charge in [-0.2, -0.15) is 0 Å². The molecule has 4 nitrogen and oxygen atoms in total. The Balaban J connectivity index is 2.21. The van der Waals surface area contributed by atoms with Crippen LogP contribution in [0.2, 0.25) is 0 Å². The highest BCUT2D eigenvalue weighted by Crippen LogP contribution is 2.24. The molecule has 0 atom stereocenters. The standard InChI is InChI=1S/C14H27NO3/c1-2-15(8-10-18-11-9-16)12-14(17)13-6-4-3-5-7-13/h13,16H,2-12H2,1H3. The molecule has 0 unspecified atom stereocenters. The first-order valence-electron chi connectivity index (χ1n) is 7.21. The lowest BCUT2D eigenvalue weighted by molar-refractivity contribution is -0.125. The number of aliphatic hydroxyl groups excluding tert-OH is 1. The van der Waals surface area contributed by atoms with Gasteiger partial charge in [-0.3, -0.25) is 9.69 Å². The Morgan fingerprint density at radius 2 is 2.00 bits per heavy atom. The molecule has 0 saturated heterocycles. The van der Waals surface area contributed by atoms with Crippen LogP contribution in [0.3, 0.4) is 0 Å². The Morgan fingerprint density at radius 1 is 1.28 bits per heavy atom. The van der Waals surface area contributed by atoms with Gasteiger partial charge < -0.3 is 9.84 Å². The minimum Gasteiger partial charge on any atom is -0.394 e. The highest BCUT2D eigenvalue weighted by atomic mass is 16.5. The summed E-state index contributed by atoms with van der Waals surface area (Å²) in [6.07, 6.45) is 5.87. The summed E-state index contributed by atoms with van der Waals surface area (Å²) in [6.45, 7) is 5.31. The van der Waals surface area contributed by atoms with Crippen molar-refractivity contribution in [3.05, 3.63) is 0 Å². The molecule has 1 rings (SSSR count). The SMILES string of the molecule is CCN(CCOCCO)CC(=O)C1CCCCC1. The van der Waals surface area contributed by atoms with Gasteiger partial charge in [0.05, 0.1) is 26.4 Å². The molecule has 4 heteroatoms. The first kappa shape index (κ1) is 15.6. The third-order valence-electron chi connectivity index (χ3n) is 3.67. The molecule has 0 aromatic heterocycles. The topological polar surface area (TPSA) is 49.8 Å². The van der Waals surface area contributed by atoms with Gasteiger partial charge in [-0.15, -0.1) is 0 Å². The van der Waals surface area contributed by atoms with E-state index in [1.54, 1.807) is 0 Å². The number of hydrogen-bond acceptors (Lipinski definition) is 4. The van der Waals surface area contributed by atoms with E-state index in [0.29, 0.717) is 31.5 Å². The van der Waals surface area contributed by atoms with E-state index >= 15 is 0 Å². The largest absolute Gasteiger partial charge is 0.394 e. The fourth-order valence-electron chi connectivity index (χ4n) is 2.48. The van der Waals surface area contributed by atoms with Crippen LogP contribution in [0.1, 0.15) is 39.0 Å². The number of nitrogens with zero attached hydrogens (tertiary/aromatic N) is 1. The van der Waals surface area contributed by atoms with E-state index < -0.39 is 0 Å². The number of ether oxygens (including phenoxy) is 1. The second-order valence-corrected chi connectivity index (χ2v) is 5.01. The van der Waals surface area contributed by atoms with Crippen molar-refractivity contribution in [3.63, 3.8) is 0 Å². The van der Waals surface area contributed by atoms with Crippen LogP contribution < -0.4 is 0 Å². The Kier molecular flexibility index (Phi) is 8.22. The van der Waals surface area contributed by atoms with Gasteiger partial charge in [0.1, 0.15) is 5.78 Å². The van der Waals surface area contributed by atoms with Crippen LogP contribution in [0.15, 0.2) is 0 Å². The third-order valence-corrected chi connectivity index (χ3v) is 3.67. The van der Waals surface area contributed by atoms with Crippen molar-refractivity contribution in [2.75, 3.05) is 39.5 Å². The van der Waals surface area contributed by atoms with Gasteiger partial charge in [-0.05, 0) is 19.4 Å². The van der Waals surface area contributed by atoms with Crippen molar-refractivity contribution in [3.8, 4) is 0 Å². The van der Waals surface area contributed by atoms with Gasteiger partial charge in [0, 0.05) is 12.5 Å².